The molecule has 104 valence electrons. The van der Waals surface area contributed by atoms with Crippen molar-refractivity contribution < 1.29 is 9.72 Å². The summed E-state index contributed by atoms with van der Waals surface area (Å²) in [7, 11) is 1.40. The van der Waals surface area contributed by atoms with Crippen molar-refractivity contribution in [2.75, 3.05) is 5.32 Å². The van der Waals surface area contributed by atoms with Crippen LogP contribution < -0.4 is 5.32 Å². The summed E-state index contributed by atoms with van der Waals surface area (Å²) in [4.78, 5) is 29.5. The molecule has 0 fully saturated rings. The molecule has 0 unspecified atom stereocenters. The van der Waals surface area contributed by atoms with Crippen LogP contribution in [-0.4, -0.2) is 25.4 Å². The third-order valence-electron chi connectivity index (χ3n) is 2.49. The zero-order chi connectivity index (χ0) is 14.9. The first-order valence-corrected chi connectivity index (χ1v) is 5.95. The van der Waals surface area contributed by atoms with E-state index in [1.807, 2.05) is 0 Å². The molecule has 0 radical (unpaired) electrons. The van der Waals surface area contributed by atoms with E-state index < -0.39 is 10.8 Å². The molecule has 10 heteroatoms. The highest BCUT2D eigenvalue weighted by molar-refractivity contribution is 6.43. The maximum atomic E-state index is 12.0. The van der Waals surface area contributed by atoms with Gasteiger partial charge in [-0.05, 0) is 11.0 Å². The monoisotopic (exact) mass is 315 g/mol. The summed E-state index contributed by atoms with van der Waals surface area (Å²) < 4.78 is 1.14. The number of nitrogens with zero attached hydrogens (tertiary/aromatic N) is 4. The summed E-state index contributed by atoms with van der Waals surface area (Å²) in [5.41, 5.74) is 0.0856. The molecule has 0 atom stereocenters. The Labute approximate surface area is 122 Å². The molecule has 0 bridgehead atoms. The van der Waals surface area contributed by atoms with Gasteiger partial charge in [-0.3, -0.25) is 4.79 Å². The van der Waals surface area contributed by atoms with Gasteiger partial charge in [0, 0.05) is 6.07 Å². The molecule has 2 aromatic heterocycles. The van der Waals surface area contributed by atoms with Gasteiger partial charge < -0.3 is 15.4 Å². The molecule has 0 aliphatic rings. The van der Waals surface area contributed by atoms with E-state index in [4.69, 9.17) is 23.2 Å². The number of carbonyl (C=O) groups excluding carboxylic acids is 1. The average molecular weight is 316 g/mol. The average Bonchev–Trinajstić information content (AvgIpc) is 2.77. The summed E-state index contributed by atoms with van der Waals surface area (Å²) >= 11 is 11.5. The number of nitrogens with one attached hydrogen (secondary N) is 1. The van der Waals surface area contributed by atoms with Crippen molar-refractivity contribution in [2.24, 2.45) is 7.05 Å². The lowest BCUT2D eigenvalue weighted by Gasteiger charge is -2.05. The van der Waals surface area contributed by atoms with Crippen molar-refractivity contribution in [3.63, 3.8) is 0 Å². The van der Waals surface area contributed by atoms with Gasteiger partial charge >= 0.3 is 5.82 Å². The van der Waals surface area contributed by atoms with Gasteiger partial charge in [0.05, 0.1) is 7.05 Å². The van der Waals surface area contributed by atoms with Crippen LogP contribution in [0.25, 0.3) is 0 Å². The van der Waals surface area contributed by atoms with Gasteiger partial charge in [0.1, 0.15) is 11.3 Å². The van der Waals surface area contributed by atoms with Gasteiger partial charge in [-0.15, -0.1) is 0 Å². The molecular weight excluding hydrogens is 309 g/mol. The van der Waals surface area contributed by atoms with E-state index in [0.29, 0.717) is 0 Å². The van der Waals surface area contributed by atoms with Gasteiger partial charge in [-0.1, -0.05) is 23.2 Å². The highest BCUT2D eigenvalue weighted by Gasteiger charge is 2.22. The summed E-state index contributed by atoms with van der Waals surface area (Å²) in [6, 6.07) is 2.55. The second kappa shape index (κ2) is 5.43. The molecule has 1 amide bonds. The predicted molar refractivity (Wildman–Crippen MR) is 72.1 cm³/mol. The highest BCUT2D eigenvalue weighted by Crippen LogP contribution is 2.26. The summed E-state index contributed by atoms with van der Waals surface area (Å²) in [6.45, 7) is 0. The minimum Gasteiger partial charge on any atom is -0.358 e. The van der Waals surface area contributed by atoms with E-state index in [9.17, 15) is 14.9 Å². The van der Waals surface area contributed by atoms with Gasteiger partial charge in [-0.25, -0.2) is 14.5 Å². The smallest absolute Gasteiger partial charge is 0.323 e. The molecule has 2 heterocycles. The predicted octanol–water partition coefficient (Wildman–Crippen LogP) is 2.28. The standard InChI is InChI=1S/C10H7Cl2N5O3/c1-16-5(2-3-6(16)17(19)20)10(18)15-9-7(11)8(12)13-4-14-9/h2-4H,1H3,(H,13,14,15,18). The number of hydrogen-bond donors (Lipinski definition) is 1. The third kappa shape index (κ3) is 2.56. The van der Waals surface area contributed by atoms with Crippen molar-refractivity contribution in [3.8, 4) is 0 Å². The number of nitro groups is 1. The molecule has 2 rings (SSSR count). The molecule has 0 saturated heterocycles. The zero-order valence-electron chi connectivity index (χ0n) is 10.0. The Hall–Kier alpha value is -2.19. The van der Waals surface area contributed by atoms with Crippen LogP contribution >= 0.6 is 23.2 Å². The second-order valence-electron chi connectivity index (χ2n) is 3.67. The Bertz CT molecular complexity index is 700. The van der Waals surface area contributed by atoms with Crippen LogP contribution in [0.3, 0.4) is 0 Å². The summed E-state index contributed by atoms with van der Waals surface area (Å²) in [6.07, 6.45) is 1.14. The lowest BCUT2D eigenvalue weighted by atomic mass is 10.4. The van der Waals surface area contributed by atoms with Crippen LogP contribution in [0, 0.1) is 10.1 Å². The summed E-state index contributed by atoms with van der Waals surface area (Å²) in [5, 5.41) is 13.1. The molecule has 8 nitrogen and oxygen atoms in total. The Morgan fingerprint density at radius 2 is 2.10 bits per heavy atom. The number of rotatable bonds is 3. The van der Waals surface area contributed by atoms with Crippen molar-refractivity contribution in [1.82, 2.24) is 14.5 Å². The maximum absolute atomic E-state index is 12.0. The van der Waals surface area contributed by atoms with Crippen LogP contribution in [-0.2, 0) is 7.05 Å². The maximum Gasteiger partial charge on any atom is 0.323 e. The van der Waals surface area contributed by atoms with Crippen molar-refractivity contribution in [1.29, 1.82) is 0 Å². The minimum atomic E-state index is -0.600. The van der Waals surface area contributed by atoms with E-state index in [1.165, 1.54) is 19.2 Å². The second-order valence-corrected chi connectivity index (χ2v) is 4.41. The van der Waals surface area contributed by atoms with Crippen LogP contribution in [0.2, 0.25) is 10.2 Å². The SMILES string of the molecule is Cn1c(C(=O)Nc2ncnc(Cl)c2Cl)ccc1[N+](=O)[O-]. The fraction of sp³-hybridized carbons (Fsp3) is 0.100. The number of hydrogen-bond acceptors (Lipinski definition) is 5. The number of aromatic nitrogens is 3. The first-order chi connectivity index (χ1) is 9.41. The lowest BCUT2D eigenvalue weighted by Crippen LogP contribution is -2.17. The van der Waals surface area contributed by atoms with E-state index in [1.54, 1.807) is 0 Å². The Morgan fingerprint density at radius 3 is 2.70 bits per heavy atom. The van der Waals surface area contributed by atoms with Crippen LogP contribution in [0.4, 0.5) is 11.6 Å². The van der Waals surface area contributed by atoms with Crippen molar-refractivity contribution >= 4 is 40.7 Å². The molecule has 0 aromatic carbocycles. The van der Waals surface area contributed by atoms with E-state index >= 15 is 0 Å². The fourth-order valence-corrected chi connectivity index (χ4v) is 1.80. The van der Waals surface area contributed by atoms with Crippen LogP contribution in [0.1, 0.15) is 10.5 Å². The largest absolute Gasteiger partial charge is 0.358 e. The zero-order valence-corrected chi connectivity index (χ0v) is 11.5. The van der Waals surface area contributed by atoms with E-state index in [-0.39, 0.29) is 27.5 Å². The quantitative estimate of drug-likeness (QED) is 0.531. The first kappa shape index (κ1) is 14.2. The molecule has 20 heavy (non-hydrogen) atoms. The first-order valence-electron chi connectivity index (χ1n) is 5.19. The molecule has 0 aliphatic heterocycles. The van der Waals surface area contributed by atoms with Crippen LogP contribution in [0.15, 0.2) is 18.5 Å². The lowest BCUT2D eigenvalue weighted by molar-refractivity contribution is -0.391. The van der Waals surface area contributed by atoms with Gasteiger partial charge in [0.25, 0.3) is 5.91 Å². The molecule has 2 aromatic rings. The Morgan fingerprint density at radius 1 is 1.40 bits per heavy atom. The van der Waals surface area contributed by atoms with Crippen molar-refractivity contribution in [2.45, 2.75) is 0 Å². The Balaban J connectivity index is 2.29. The number of carbonyl (C=O) groups is 1. The summed E-state index contributed by atoms with van der Waals surface area (Å²) in [5.74, 6) is -0.778. The van der Waals surface area contributed by atoms with Crippen molar-refractivity contribution in [3.05, 3.63) is 44.4 Å². The normalized spacial score (nSPS) is 10.3. The molecule has 0 saturated carbocycles. The Kier molecular flexibility index (Phi) is 3.86. The van der Waals surface area contributed by atoms with Gasteiger partial charge in [-0.2, -0.15) is 0 Å². The number of halogens is 2. The molecule has 1 N–H and O–H groups in total. The van der Waals surface area contributed by atoms with E-state index in [0.717, 1.165) is 10.9 Å². The molecule has 0 aliphatic carbocycles. The molecule has 0 spiro atoms. The highest BCUT2D eigenvalue weighted by atomic mass is 35.5. The molecular formula is C10H7Cl2N5O3. The van der Waals surface area contributed by atoms with E-state index in [2.05, 4.69) is 15.3 Å². The fourth-order valence-electron chi connectivity index (χ4n) is 1.52. The number of anilines is 1. The number of amides is 1. The van der Waals surface area contributed by atoms with Gasteiger partial charge in [0.2, 0.25) is 0 Å². The van der Waals surface area contributed by atoms with Gasteiger partial charge in [0.15, 0.2) is 16.7 Å². The third-order valence-corrected chi connectivity index (χ3v) is 3.24. The van der Waals surface area contributed by atoms with Crippen LogP contribution in [0.5, 0.6) is 0 Å². The topological polar surface area (TPSA) is 103 Å². The minimum absolute atomic E-state index is 0.00479.